The van der Waals surface area contributed by atoms with E-state index in [-0.39, 0.29) is 5.91 Å². The standard InChI is InChI=1S/C16H13N3OS2/c20-15(10-21-16-19-17-11-22-16)18-14-8-6-13(7-9-14)12-4-2-1-3-5-12/h1-9,11H,10H2,(H,18,20). The molecule has 1 aromatic heterocycles. The highest BCUT2D eigenvalue weighted by molar-refractivity contribution is 8.01. The Kier molecular flexibility index (Phi) is 4.82. The Bertz CT molecular complexity index is 728. The third-order valence-electron chi connectivity index (χ3n) is 2.94. The summed E-state index contributed by atoms with van der Waals surface area (Å²) in [6.07, 6.45) is 0. The minimum Gasteiger partial charge on any atom is -0.325 e. The number of carbonyl (C=O) groups excluding carboxylic acids is 1. The van der Waals surface area contributed by atoms with Crippen molar-refractivity contribution in [2.75, 3.05) is 11.1 Å². The Morgan fingerprint density at radius 2 is 1.77 bits per heavy atom. The Hall–Kier alpha value is -2.18. The molecule has 4 nitrogen and oxygen atoms in total. The van der Waals surface area contributed by atoms with Gasteiger partial charge in [0.25, 0.3) is 0 Å². The number of nitrogens with one attached hydrogen (secondary N) is 1. The lowest BCUT2D eigenvalue weighted by Gasteiger charge is -2.06. The molecule has 1 amide bonds. The van der Waals surface area contributed by atoms with Gasteiger partial charge in [-0.3, -0.25) is 4.79 Å². The molecule has 1 heterocycles. The molecule has 1 N–H and O–H groups in total. The van der Waals surface area contributed by atoms with E-state index in [1.54, 1.807) is 5.51 Å². The van der Waals surface area contributed by atoms with Gasteiger partial charge >= 0.3 is 0 Å². The highest BCUT2D eigenvalue weighted by Gasteiger charge is 2.06. The smallest absolute Gasteiger partial charge is 0.234 e. The fourth-order valence-electron chi connectivity index (χ4n) is 1.93. The molecule has 22 heavy (non-hydrogen) atoms. The van der Waals surface area contributed by atoms with Crippen LogP contribution in [0.15, 0.2) is 64.4 Å². The number of thioether (sulfide) groups is 1. The average Bonchev–Trinajstić information content (AvgIpc) is 3.08. The molecular weight excluding hydrogens is 314 g/mol. The lowest BCUT2D eigenvalue weighted by Crippen LogP contribution is -2.13. The van der Waals surface area contributed by atoms with Gasteiger partial charge in [0.2, 0.25) is 5.91 Å². The minimum absolute atomic E-state index is 0.0485. The number of hydrogen-bond acceptors (Lipinski definition) is 5. The van der Waals surface area contributed by atoms with Gasteiger partial charge in [0.15, 0.2) is 4.34 Å². The van der Waals surface area contributed by atoms with E-state index in [0.717, 1.165) is 21.2 Å². The average molecular weight is 327 g/mol. The molecule has 0 aliphatic heterocycles. The molecule has 0 aliphatic rings. The van der Waals surface area contributed by atoms with Crippen LogP contribution < -0.4 is 5.32 Å². The van der Waals surface area contributed by atoms with E-state index in [2.05, 4.69) is 27.6 Å². The highest BCUT2D eigenvalue weighted by atomic mass is 32.2. The summed E-state index contributed by atoms with van der Waals surface area (Å²) in [7, 11) is 0. The van der Waals surface area contributed by atoms with Crippen molar-refractivity contribution >= 4 is 34.7 Å². The molecule has 3 rings (SSSR count). The molecule has 0 saturated heterocycles. The van der Waals surface area contributed by atoms with E-state index >= 15 is 0 Å². The van der Waals surface area contributed by atoms with Crippen molar-refractivity contribution < 1.29 is 4.79 Å². The van der Waals surface area contributed by atoms with Crippen LogP contribution in [0.25, 0.3) is 11.1 Å². The molecule has 0 unspecified atom stereocenters. The van der Waals surface area contributed by atoms with Crippen molar-refractivity contribution in [3.63, 3.8) is 0 Å². The summed E-state index contributed by atoms with van der Waals surface area (Å²) in [6, 6.07) is 18.0. The normalized spacial score (nSPS) is 10.4. The molecule has 6 heteroatoms. The molecule has 0 atom stereocenters. The molecule has 2 aromatic carbocycles. The summed E-state index contributed by atoms with van der Waals surface area (Å²) < 4.78 is 0.801. The van der Waals surface area contributed by atoms with Gasteiger partial charge < -0.3 is 5.32 Å². The van der Waals surface area contributed by atoms with Gasteiger partial charge in [-0.1, -0.05) is 65.6 Å². The Morgan fingerprint density at radius 1 is 1.05 bits per heavy atom. The van der Waals surface area contributed by atoms with Crippen LogP contribution >= 0.6 is 23.1 Å². The quantitative estimate of drug-likeness (QED) is 0.721. The number of nitrogens with zero attached hydrogens (tertiary/aromatic N) is 2. The van der Waals surface area contributed by atoms with Crippen LogP contribution in [0.3, 0.4) is 0 Å². The second-order valence-corrected chi connectivity index (χ2v) is 6.54. The third-order valence-corrected chi connectivity index (χ3v) is 4.80. The molecular formula is C16H13N3OS2. The lowest BCUT2D eigenvalue weighted by atomic mass is 10.1. The number of hydrogen-bond donors (Lipinski definition) is 1. The predicted octanol–water partition coefficient (Wildman–Crippen LogP) is 3.94. The summed E-state index contributed by atoms with van der Waals surface area (Å²) in [4.78, 5) is 11.9. The first-order chi connectivity index (χ1) is 10.8. The van der Waals surface area contributed by atoms with Crippen molar-refractivity contribution in [2.24, 2.45) is 0 Å². The number of benzene rings is 2. The van der Waals surface area contributed by atoms with Crippen molar-refractivity contribution in [3.8, 4) is 11.1 Å². The molecule has 0 aliphatic carbocycles. The second-order valence-electron chi connectivity index (χ2n) is 4.48. The Labute approximate surface area is 136 Å². The molecule has 110 valence electrons. The van der Waals surface area contributed by atoms with Gasteiger partial charge in [-0.2, -0.15) is 0 Å². The van der Waals surface area contributed by atoms with Crippen LogP contribution in [0.5, 0.6) is 0 Å². The van der Waals surface area contributed by atoms with Crippen molar-refractivity contribution in [2.45, 2.75) is 4.34 Å². The number of anilines is 1. The fourth-order valence-corrected chi connectivity index (χ4v) is 3.22. The molecule has 0 saturated carbocycles. The highest BCUT2D eigenvalue weighted by Crippen LogP contribution is 2.22. The molecule has 0 fully saturated rings. The maximum absolute atomic E-state index is 11.9. The minimum atomic E-state index is -0.0485. The van der Waals surface area contributed by atoms with E-state index in [9.17, 15) is 4.79 Å². The lowest BCUT2D eigenvalue weighted by molar-refractivity contribution is -0.113. The van der Waals surface area contributed by atoms with Crippen LogP contribution in [0.1, 0.15) is 0 Å². The largest absolute Gasteiger partial charge is 0.325 e. The van der Waals surface area contributed by atoms with Gasteiger partial charge in [-0.05, 0) is 23.3 Å². The summed E-state index contributed by atoms with van der Waals surface area (Å²) in [5.74, 6) is 0.281. The van der Waals surface area contributed by atoms with Crippen LogP contribution in [-0.4, -0.2) is 21.9 Å². The molecule has 3 aromatic rings. The monoisotopic (exact) mass is 327 g/mol. The molecule has 0 spiro atoms. The van der Waals surface area contributed by atoms with Gasteiger partial charge in [-0.15, -0.1) is 10.2 Å². The first kappa shape index (κ1) is 14.7. The third kappa shape index (κ3) is 3.93. The number of aromatic nitrogens is 2. The Balaban J connectivity index is 1.58. The number of carbonyl (C=O) groups is 1. The molecule has 0 radical (unpaired) electrons. The zero-order valence-electron chi connectivity index (χ0n) is 11.6. The number of amides is 1. The van der Waals surface area contributed by atoms with Crippen LogP contribution in [0.4, 0.5) is 5.69 Å². The summed E-state index contributed by atoms with van der Waals surface area (Å²) in [6.45, 7) is 0. The summed E-state index contributed by atoms with van der Waals surface area (Å²) >= 11 is 2.82. The first-order valence-electron chi connectivity index (χ1n) is 6.65. The van der Waals surface area contributed by atoms with Gasteiger partial charge in [-0.25, -0.2) is 0 Å². The maximum Gasteiger partial charge on any atom is 0.234 e. The van der Waals surface area contributed by atoms with Gasteiger partial charge in [0.1, 0.15) is 5.51 Å². The predicted molar refractivity (Wildman–Crippen MR) is 91.1 cm³/mol. The topological polar surface area (TPSA) is 54.9 Å². The van der Waals surface area contributed by atoms with Crippen molar-refractivity contribution in [3.05, 3.63) is 60.1 Å². The van der Waals surface area contributed by atoms with Crippen LogP contribution in [0.2, 0.25) is 0 Å². The maximum atomic E-state index is 11.9. The summed E-state index contributed by atoms with van der Waals surface area (Å²) in [5, 5.41) is 10.5. The van der Waals surface area contributed by atoms with Gasteiger partial charge in [0, 0.05) is 5.69 Å². The first-order valence-corrected chi connectivity index (χ1v) is 8.52. The van der Waals surface area contributed by atoms with Crippen molar-refractivity contribution in [1.29, 1.82) is 0 Å². The van der Waals surface area contributed by atoms with E-state index in [1.165, 1.54) is 23.1 Å². The Morgan fingerprint density at radius 3 is 2.45 bits per heavy atom. The van der Waals surface area contributed by atoms with Crippen LogP contribution in [0, 0.1) is 0 Å². The van der Waals surface area contributed by atoms with Crippen LogP contribution in [-0.2, 0) is 4.79 Å². The fraction of sp³-hybridized carbons (Fsp3) is 0.0625. The number of rotatable bonds is 5. The molecule has 0 bridgehead atoms. The van der Waals surface area contributed by atoms with E-state index < -0.39 is 0 Å². The van der Waals surface area contributed by atoms with E-state index in [1.807, 2.05) is 42.5 Å². The zero-order valence-corrected chi connectivity index (χ0v) is 13.2. The van der Waals surface area contributed by atoms with Crippen molar-refractivity contribution in [1.82, 2.24) is 10.2 Å². The van der Waals surface area contributed by atoms with E-state index in [4.69, 9.17) is 0 Å². The second kappa shape index (κ2) is 7.20. The van der Waals surface area contributed by atoms with E-state index in [0.29, 0.717) is 5.75 Å². The van der Waals surface area contributed by atoms with Gasteiger partial charge in [0.05, 0.1) is 5.75 Å². The SMILES string of the molecule is O=C(CSc1nncs1)Nc1ccc(-c2ccccc2)cc1. The zero-order chi connectivity index (χ0) is 15.2. The summed E-state index contributed by atoms with van der Waals surface area (Å²) in [5.41, 5.74) is 4.74.